The number of hydrogen-bond acceptors (Lipinski definition) is 5. The molecule has 2 aromatic rings. The highest BCUT2D eigenvalue weighted by Crippen LogP contribution is 2.31. The van der Waals surface area contributed by atoms with Crippen molar-refractivity contribution in [3.8, 4) is 0 Å². The number of aryl methyl sites for hydroxylation is 1. The third-order valence-electron chi connectivity index (χ3n) is 4.30. The van der Waals surface area contributed by atoms with Crippen LogP contribution in [0.5, 0.6) is 0 Å². The number of thiophene rings is 1. The van der Waals surface area contributed by atoms with Gasteiger partial charge in [-0.25, -0.2) is 0 Å². The predicted molar refractivity (Wildman–Crippen MR) is 95.9 cm³/mol. The topological polar surface area (TPSA) is 75.2 Å². The van der Waals surface area contributed by atoms with Crippen molar-refractivity contribution >= 4 is 23.2 Å². The zero-order valence-corrected chi connectivity index (χ0v) is 15.1. The van der Waals surface area contributed by atoms with E-state index in [1.54, 1.807) is 23.7 Å². The molecule has 0 bridgehead atoms. The van der Waals surface area contributed by atoms with Gasteiger partial charge in [0, 0.05) is 24.8 Å². The highest BCUT2D eigenvalue weighted by atomic mass is 32.1. The van der Waals surface area contributed by atoms with Gasteiger partial charge in [-0.2, -0.15) is 0 Å². The minimum atomic E-state index is -0.0987. The van der Waals surface area contributed by atoms with Gasteiger partial charge in [0.05, 0.1) is 36.4 Å². The van der Waals surface area contributed by atoms with E-state index in [1.807, 2.05) is 16.3 Å². The van der Waals surface area contributed by atoms with Crippen molar-refractivity contribution in [2.45, 2.75) is 45.2 Å². The minimum absolute atomic E-state index is 0.0133. The van der Waals surface area contributed by atoms with Crippen molar-refractivity contribution in [1.29, 1.82) is 0 Å². The summed E-state index contributed by atoms with van der Waals surface area (Å²) in [6, 6.07) is 4.07. The largest absolute Gasteiger partial charge is 0.351 e. The Morgan fingerprint density at radius 2 is 2.28 bits per heavy atom. The van der Waals surface area contributed by atoms with E-state index in [0.717, 1.165) is 31.5 Å². The number of amides is 2. The fourth-order valence-corrected chi connectivity index (χ4v) is 3.79. The highest BCUT2D eigenvalue weighted by Gasteiger charge is 2.30. The van der Waals surface area contributed by atoms with E-state index >= 15 is 0 Å². The second kappa shape index (κ2) is 8.20. The summed E-state index contributed by atoms with van der Waals surface area (Å²) in [7, 11) is 0. The van der Waals surface area contributed by atoms with Gasteiger partial charge in [0.25, 0.3) is 0 Å². The van der Waals surface area contributed by atoms with Crippen LogP contribution in [0.1, 0.15) is 48.5 Å². The summed E-state index contributed by atoms with van der Waals surface area (Å²) in [5.41, 5.74) is 1.52. The second-order valence-electron chi connectivity index (χ2n) is 6.17. The molecule has 3 heterocycles. The van der Waals surface area contributed by atoms with Gasteiger partial charge in [0.15, 0.2) is 0 Å². The zero-order valence-electron chi connectivity index (χ0n) is 14.3. The van der Waals surface area contributed by atoms with Crippen molar-refractivity contribution < 1.29 is 9.59 Å². The van der Waals surface area contributed by atoms with E-state index in [1.165, 1.54) is 11.8 Å². The molecule has 0 unspecified atom stereocenters. The number of aromatic nitrogens is 2. The molecular weight excluding hydrogens is 336 g/mol. The molecule has 1 aliphatic heterocycles. The standard InChI is InChI=1S/C18H22N4O2S/c1-13(23)20-11-14-10-19-12-16(21-14)17-5-2-8-22(17)18(24)7-6-15-4-3-9-25-15/h3-4,9-10,12,17H,2,5-8,11H2,1H3,(H,20,23)/t17-/m0/s1. The fourth-order valence-electron chi connectivity index (χ4n) is 3.09. The quantitative estimate of drug-likeness (QED) is 0.861. The average Bonchev–Trinajstić information content (AvgIpc) is 3.29. The maximum absolute atomic E-state index is 12.6. The molecule has 0 aliphatic carbocycles. The van der Waals surface area contributed by atoms with Crippen LogP contribution < -0.4 is 5.32 Å². The van der Waals surface area contributed by atoms with Gasteiger partial charge >= 0.3 is 0 Å². The van der Waals surface area contributed by atoms with Crippen LogP contribution in [-0.4, -0.2) is 33.2 Å². The van der Waals surface area contributed by atoms with Crippen molar-refractivity contribution in [3.05, 3.63) is 46.2 Å². The Morgan fingerprint density at radius 1 is 1.40 bits per heavy atom. The lowest BCUT2D eigenvalue weighted by atomic mass is 10.1. The molecule has 3 rings (SSSR count). The van der Waals surface area contributed by atoms with Gasteiger partial charge in [-0.3, -0.25) is 19.6 Å². The maximum Gasteiger partial charge on any atom is 0.223 e. The van der Waals surface area contributed by atoms with E-state index in [0.29, 0.717) is 18.7 Å². The Hall–Kier alpha value is -2.28. The van der Waals surface area contributed by atoms with Crippen LogP contribution >= 0.6 is 11.3 Å². The molecule has 6 nitrogen and oxygen atoms in total. The van der Waals surface area contributed by atoms with Gasteiger partial charge in [0.2, 0.25) is 11.8 Å². The summed E-state index contributed by atoms with van der Waals surface area (Å²) < 4.78 is 0. The fraction of sp³-hybridized carbons (Fsp3) is 0.444. The molecule has 0 spiro atoms. The van der Waals surface area contributed by atoms with Gasteiger partial charge in [-0.1, -0.05) is 6.07 Å². The lowest BCUT2D eigenvalue weighted by molar-refractivity contribution is -0.132. The number of hydrogen-bond donors (Lipinski definition) is 1. The van der Waals surface area contributed by atoms with Crippen molar-refractivity contribution in [2.24, 2.45) is 0 Å². The van der Waals surface area contributed by atoms with E-state index in [4.69, 9.17) is 0 Å². The normalized spacial score (nSPS) is 16.8. The number of nitrogens with zero attached hydrogens (tertiary/aromatic N) is 3. The molecule has 25 heavy (non-hydrogen) atoms. The zero-order chi connectivity index (χ0) is 17.6. The highest BCUT2D eigenvalue weighted by molar-refractivity contribution is 7.09. The lowest BCUT2D eigenvalue weighted by Gasteiger charge is -2.24. The van der Waals surface area contributed by atoms with E-state index < -0.39 is 0 Å². The molecule has 132 valence electrons. The van der Waals surface area contributed by atoms with Crippen LogP contribution in [0.4, 0.5) is 0 Å². The molecule has 0 aromatic carbocycles. The molecule has 1 saturated heterocycles. The van der Waals surface area contributed by atoms with Crippen LogP contribution in [0.3, 0.4) is 0 Å². The third-order valence-corrected chi connectivity index (χ3v) is 5.24. The van der Waals surface area contributed by atoms with Gasteiger partial charge in [0.1, 0.15) is 0 Å². The van der Waals surface area contributed by atoms with Gasteiger partial charge in [-0.15, -0.1) is 11.3 Å². The van der Waals surface area contributed by atoms with Gasteiger partial charge in [-0.05, 0) is 30.7 Å². The first-order chi connectivity index (χ1) is 12.1. The lowest BCUT2D eigenvalue weighted by Crippen LogP contribution is -2.31. The molecule has 7 heteroatoms. The van der Waals surface area contributed by atoms with Crippen LogP contribution in [0.25, 0.3) is 0 Å². The summed E-state index contributed by atoms with van der Waals surface area (Å²) in [5, 5.41) is 4.77. The molecule has 1 fully saturated rings. The van der Waals surface area contributed by atoms with Crippen molar-refractivity contribution in [2.75, 3.05) is 6.54 Å². The molecule has 1 atom stereocenters. The Labute approximate surface area is 151 Å². The smallest absolute Gasteiger partial charge is 0.223 e. The number of carbonyl (C=O) groups is 2. The SMILES string of the molecule is CC(=O)NCc1cncc([C@@H]2CCCN2C(=O)CCc2cccs2)n1. The Morgan fingerprint density at radius 3 is 3.04 bits per heavy atom. The van der Waals surface area contributed by atoms with Crippen LogP contribution in [0, 0.1) is 0 Å². The first kappa shape index (κ1) is 17.5. The number of carbonyl (C=O) groups excluding carboxylic acids is 2. The minimum Gasteiger partial charge on any atom is -0.351 e. The van der Waals surface area contributed by atoms with E-state index in [9.17, 15) is 9.59 Å². The van der Waals surface area contributed by atoms with E-state index in [2.05, 4.69) is 21.4 Å². The molecule has 0 radical (unpaired) electrons. The van der Waals surface area contributed by atoms with Crippen LogP contribution in [-0.2, 0) is 22.6 Å². The number of likely N-dealkylation sites (tertiary alicyclic amines) is 1. The van der Waals surface area contributed by atoms with Crippen molar-refractivity contribution in [3.63, 3.8) is 0 Å². The summed E-state index contributed by atoms with van der Waals surface area (Å²) in [6.07, 6.45) is 6.57. The molecule has 0 saturated carbocycles. The maximum atomic E-state index is 12.6. The van der Waals surface area contributed by atoms with Crippen LogP contribution in [0.2, 0.25) is 0 Å². The molecule has 1 aliphatic rings. The second-order valence-corrected chi connectivity index (χ2v) is 7.20. The Balaban J connectivity index is 1.65. The first-order valence-electron chi connectivity index (χ1n) is 8.50. The molecule has 1 N–H and O–H groups in total. The number of nitrogens with one attached hydrogen (secondary N) is 1. The van der Waals surface area contributed by atoms with Crippen molar-refractivity contribution in [1.82, 2.24) is 20.2 Å². The Bertz CT molecular complexity index is 732. The summed E-state index contributed by atoms with van der Waals surface area (Å²) in [4.78, 5) is 35.7. The van der Waals surface area contributed by atoms with E-state index in [-0.39, 0.29) is 17.9 Å². The first-order valence-corrected chi connectivity index (χ1v) is 9.38. The molecule has 2 aromatic heterocycles. The Kier molecular flexibility index (Phi) is 5.75. The van der Waals surface area contributed by atoms with Gasteiger partial charge < -0.3 is 10.2 Å². The predicted octanol–water partition coefficient (Wildman–Crippen LogP) is 2.47. The molecule has 2 amide bonds. The summed E-state index contributed by atoms with van der Waals surface area (Å²) in [6.45, 7) is 2.60. The molecular formula is C18H22N4O2S. The number of rotatable bonds is 6. The third kappa shape index (κ3) is 4.63. The summed E-state index contributed by atoms with van der Waals surface area (Å²) >= 11 is 1.69. The average molecular weight is 358 g/mol. The summed E-state index contributed by atoms with van der Waals surface area (Å²) in [5.74, 6) is 0.0726. The van der Waals surface area contributed by atoms with Crippen LogP contribution in [0.15, 0.2) is 29.9 Å². The monoisotopic (exact) mass is 358 g/mol.